The predicted molar refractivity (Wildman–Crippen MR) is 63.7 cm³/mol. The van der Waals surface area contributed by atoms with Crippen molar-refractivity contribution < 1.29 is 9.53 Å². The van der Waals surface area contributed by atoms with E-state index < -0.39 is 0 Å². The minimum atomic E-state index is -0.188. The molecule has 1 heterocycles. The van der Waals surface area contributed by atoms with Gasteiger partial charge >= 0.3 is 0 Å². The van der Waals surface area contributed by atoms with Crippen molar-refractivity contribution in [2.24, 2.45) is 7.05 Å². The number of aromatic nitrogens is 3. The highest BCUT2D eigenvalue weighted by molar-refractivity contribution is 5.91. The Morgan fingerprint density at radius 3 is 2.88 bits per heavy atom. The number of nitrogens with zero attached hydrogens (tertiary/aromatic N) is 3. The van der Waals surface area contributed by atoms with Crippen molar-refractivity contribution in [3.63, 3.8) is 0 Å². The Morgan fingerprint density at radius 1 is 1.47 bits per heavy atom. The van der Waals surface area contributed by atoms with Crippen LogP contribution in [0.15, 0.2) is 6.20 Å². The van der Waals surface area contributed by atoms with E-state index in [-0.39, 0.29) is 5.91 Å². The highest BCUT2D eigenvalue weighted by atomic mass is 16.5. The fraction of sp³-hybridized carbons (Fsp3) is 0.727. The first-order valence-corrected chi connectivity index (χ1v) is 5.96. The van der Waals surface area contributed by atoms with Crippen LogP contribution >= 0.6 is 0 Å². The van der Waals surface area contributed by atoms with E-state index in [1.807, 2.05) is 0 Å². The molecule has 0 aromatic carbocycles. The van der Waals surface area contributed by atoms with Crippen LogP contribution in [0.25, 0.3) is 0 Å². The highest BCUT2D eigenvalue weighted by Crippen LogP contribution is 1.92. The van der Waals surface area contributed by atoms with E-state index in [0.29, 0.717) is 18.8 Å². The highest BCUT2D eigenvalue weighted by Gasteiger charge is 2.08. The molecule has 96 valence electrons. The third kappa shape index (κ3) is 5.44. The quantitative estimate of drug-likeness (QED) is 0.681. The molecule has 0 atom stereocenters. The summed E-state index contributed by atoms with van der Waals surface area (Å²) in [5.74, 6) is -0.188. The van der Waals surface area contributed by atoms with Gasteiger partial charge in [-0.05, 0) is 12.8 Å². The first kappa shape index (κ1) is 13.6. The molecule has 0 aliphatic carbocycles. The van der Waals surface area contributed by atoms with Gasteiger partial charge in [-0.2, -0.15) is 0 Å². The molecular weight excluding hydrogens is 220 g/mol. The summed E-state index contributed by atoms with van der Waals surface area (Å²) < 4.78 is 6.89. The molecule has 6 nitrogen and oxygen atoms in total. The van der Waals surface area contributed by atoms with Gasteiger partial charge in [-0.15, -0.1) is 5.10 Å². The van der Waals surface area contributed by atoms with Gasteiger partial charge in [-0.25, -0.2) is 0 Å². The van der Waals surface area contributed by atoms with Gasteiger partial charge in [0.2, 0.25) is 0 Å². The van der Waals surface area contributed by atoms with Gasteiger partial charge in [0.1, 0.15) is 0 Å². The second-order valence-corrected chi connectivity index (χ2v) is 3.85. The normalized spacial score (nSPS) is 10.5. The van der Waals surface area contributed by atoms with Crippen molar-refractivity contribution in [2.75, 3.05) is 19.8 Å². The summed E-state index contributed by atoms with van der Waals surface area (Å²) in [5.41, 5.74) is 0.347. The molecule has 0 spiro atoms. The molecule has 6 heteroatoms. The van der Waals surface area contributed by atoms with Gasteiger partial charge in [0.15, 0.2) is 5.69 Å². The summed E-state index contributed by atoms with van der Waals surface area (Å²) in [6.45, 7) is 4.21. The predicted octanol–water partition coefficient (Wildman–Crippen LogP) is 0.752. The molecule has 1 N–H and O–H groups in total. The average molecular weight is 240 g/mol. The Morgan fingerprint density at radius 2 is 2.24 bits per heavy atom. The van der Waals surface area contributed by atoms with Gasteiger partial charge in [0.25, 0.3) is 5.91 Å². The largest absolute Gasteiger partial charge is 0.381 e. The number of aryl methyl sites for hydroxylation is 1. The lowest BCUT2D eigenvalue weighted by atomic mass is 10.3. The van der Waals surface area contributed by atoms with Crippen LogP contribution in [-0.2, 0) is 11.8 Å². The zero-order valence-electron chi connectivity index (χ0n) is 10.5. The number of nitrogens with one attached hydrogen (secondary N) is 1. The third-order valence-corrected chi connectivity index (χ3v) is 2.23. The van der Waals surface area contributed by atoms with E-state index >= 15 is 0 Å². The second-order valence-electron chi connectivity index (χ2n) is 3.85. The van der Waals surface area contributed by atoms with Crippen LogP contribution in [0.1, 0.15) is 36.7 Å². The summed E-state index contributed by atoms with van der Waals surface area (Å²) >= 11 is 0. The molecular formula is C11H20N4O2. The van der Waals surface area contributed by atoms with Crippen LogP contribution in [-0.4, -0.2) is 40.7 Å². The Labute approximate surface area is 101 Å². The van der Waals surface area contributed by atoms with Gasteiger partial charge in [-0.3, -0.25) is 9.48 Å². The lowest BCUT2D eigenvalue weighted by Crippen LogP contribution is -2.25. The van der Waals surface area contributed by atoms with Gasteiger partial charge < -0.3 is 10.1 Å². The maximum atomic E-state index is 11.5. The van der Waals surface area contributed by atoms with Gasteiger partial charge in [0.05, 0.1) is 6.20 Å². The Hall–Kier alpha value is -1.43. The summed E-state index contributed by atoms with van der Waals surface area (Å²) in [7, 11) is 1.73. The first-order valence-electron chi connectivity index (χ1n) is 5.96. The Kier molecular flexibility index (Phi) is 6.24. The van der Waals surface area contributed by atoms with E-state index in [9.17, 15) is 4.79 Å². The molecule has 0 unspecified atom stereocenters. The summed E-state index contributed by atoms with van der Waals surface area (Å²) in [6, 6.07) is 0. The summed E-state index contributed by atoms with van der Waals surface area (Å²) in [6.07, 6.45) is 4.64. The number of amides is 1. The standard InChI is InChI=1S/C11H20N4O2/c1-3-4-7-17-8-5-6-12-11(16)10-9-15(2)14-13-10/h9H,3-8H2,1-2H3,(H,12,16). The molecule has 1 rings (SSSR count). The number of carbonyl (C=O) groups excluding carboxylic acids is 1. The van der Waals surface area contributed by atoms with Crippen molar-refractivity contribution in [1.29, 1.82) is 0 Å². The van der Waals surface area contributed by atoms with Crippen molar-refractivity contribution >= 4 is 5.91 Å². The molecule has 0 aliphatic rings. The fourth-order valence-electron chi connectivity index (χ4n) is 1.27. The molecule has 0 fully saturated rings. The number of unbranched alkanes of at least 4 members (excludes halogenated alkanes) is 1. The van der Waals surface area contributed by atoms with Crippen LogP contribution in [0.4, 0.5) is 0 Å². The van der Waals surface area contributed by atoms with Gasteiger partial charge in [-0.1, -0.05) is 18.6 Å². The van der Waals surface area contributed by atoms with E-state index in [1.54, 1.807) is 13.2 Å². The number of hydrogen-bond donors (Lipinski definition) is 1. The average Bonchev–Trinajstić information content (AvgIpc) is 2.74. The van der Waals surface area contributed by atoms with Crippen molar-refractivity contribution in [2.45, 2.75) is 26.2 Å². The molecule has 0 aliphatic heterocycles. The summed E-state index contributed by atoms with van der Waals surface area (Å²) in [4.78, 5) is 11.5. The molecule has 0 radical (unpaired) electrons. The minimum Gasteiger partial charge on any atom is -0.381 e. The Balaban J connectivity index is 2.05. The Bertz CT molecular complexity index is 338. The molecule has 17 heavy (non-hydrogen) atoms. The molecule has 0 bridgehead atoms. The number of carbonyl (C=O) groups is 1. The summed E-state index contributed by atoms with van der Waals surface area (Å²) in [5, 5.41) is 10.2. The molecule has 1 aromatic rings. The first-order chi connectivity index (χ1) is 8.24. The number of ether oxygens (including phenoxy) is 1. The number of hydrogen-bond acceptors (Lipinski definition) is 4. The lowest BCUT2D eigenvalue weighted by molar-refractivity contribution is 0.0935. The molecule has 1 aromatic heterocycles. The van der Waals surface area contributed by atoms with E-state index in [0.717, 1.165) is 25.9 Å². The van der Waals surface area contributed by atoms with Crippen molar-refractivity contribution in [1.82, 2.24) is 20.3 Å². The minimum absolute atomic E-state index is 0.188. The maximum Gasteiger partial charge on any atom is 0.273 e. The topological polar surface area (TPSA) is 69.0 Å². The zero-order valence-corrected chi connectivity index (χ0v) is 10.5. The van der Waals surface area contributed by atoms with Crippen molar-refractivity contribution in [3.05, 3.63) is 11.9 Å². The SMILES string of the molecule is CCCCOCCCNC(=O)c1cn(C)nn1. The van der Waals surface area contributed by atoms with Crippen LogP contribution < -0.4 is 5.32 Å². The molecule has 0 saturated heterocycles. The fourth-order valence-corrected chi connectivity index (χ4v) is 1.27. The zero-order chi connectivity index (χ0) is 12.5. The van der Waals surface area contributed by atoms with Crippen LogP contribution in [0.5, 0.6) is 0 Å². The van der Waals surface area contributed by atoms with Crippen LogP contribution in [0.3, 0.4) is 0 Å². The van der Waals surface area contributed by atoms with E-state index in [4.69, 9.17) is 4.74 Å². The van der Waals surface area contributed by atoms with Crippen molar-refractivity contribution in [3.8, 4) is 0 Å². The molecule has 1 amide bonds. The third-order valence-electron chi connectivity index (χ3n) is 2.23. The van der Waals surface area contributed by atoms with E-state index in [1.165, 1.54) is 4.68 Å². The van der Waals surface area contributed by atoms with E-state index in [2.05, 4.69) is 22.6 Å². The van der Waals surface area contributed by atoms with Crippen LogP contribution in [0, 0.1) is 0 Å². The smallest absolute Gasteiger partial charge is 0.273 e. The second kappa shape index (κ2) is 7.78. The number of rotatable bonds is 8. The monoisotopic (exact) mass is 240 g/mol. The van der Waals surface area contributed by atoms with Crippen LogP contribution in [0.2, 0.25) is 0 Å². The maximum absolute atomic E-state index is 11.5. The lowest BCUT2D eigenvalue weighted by Gasteiger charge is -2.04. The van der Waals surface area contributed by atoms with Gasteiger partial charge in [0, 0.05) is 26.8 Å². The molecule has 0 saturated carbocycles.